The first kappa shape index (κ1) is 12.5. The van der Waals surface area contributed by atoms with Gasteiger partial charge in [-0.3, -0.25) is 0 Å². The lowest BCUT2D eigenvalue weighted by Crippen LogP contribution is -2.20. The Balaban J connectivity index is 3.51. The first-order valence-electron chi connectivity index (χ1n) is 5.22. The van der Waals surface area contributed by atoms with Crippen molar-refractivity contribution in [3.63, 3.8) is 0 Å². The first-order chi connectivity index (χ1) is 6.02. The topological polar surface area (TPSA) is 20.2 Å². The van der Waals surface area contributed by atoms with E-state index in [4.69, 9.17) is 6.42 Å². The minimum atomic E-state index is -0.897. The summed E-state index contributed by atoms with van der Waals surface area (Å²) in [5, 5.41) is 9.53. The minimum Gasteiger partial charge on any atom is -0.378 e. The van der Waals surface area contributed by atoms with Crippen LogP contribution in [0, 0.1) is 18.3 Å². The van der Waals surface area contributed by atoms with Crippen molar-refractivity contribution in [2.24, 2.45) is 5.92 Å². The molecule has 0 aromatic carbocycles. The summed E-state index contributed by atoms with van der Waals surface area (Å²) < 4.78 is 0. The van der Waals surface area contributed by atoms with Crippen LogP contribution >= 0.6 is 0 Å². The number of aliphatic hydroxyl groups is 1. The normalized spacial score (nSPS) is 17.5. The van der Waals surface area contributed by atoms with Crippen molar-refractivity contribution in [2.45, 2.75) is 58.5 Å². The molecule has 76 valence electrons. The van der Waals surface area contributed by atoms with Gasteiger partial charge in [-0.05, 0) is 25.7 Å². The maximum Gasteiger partial charge on any atom is 0.122 e. The van der Waals surface area contributed by atoms with Gasteiger partial charge < -0.3 is 5.11 Å². The van der Waals surface area contributed by atoms with Crippen LogP contribution in [-0.4, -0.2) is 10.7 Å². The molecule has 0 radical (unpaired) electrons. The molecule has 0 saturated heterocycles. The van der Waals surface area contributed by atoms with E-state index in [1.54, 1.807) is 6.92 Å². The third kappa shape index (κ3) is 6.66. The molecule has 1 N–H and O–H groups in total. The van der Waals surface area contributed by atoms with Crippen LogP contribution in [0.3, 0.4) is 0 Å². The van der Waals surface area contributed by atoms with Crippen LogP contribution in [0.2, 0.25) is 0 Å². The largest absolute Gasteiger partial charge is 0.378 e. The fraction of sp³-hybridized carbons (Fsp3) is 0.833. The van der Waals surface area contributed by atoms with Crippen molar-refractivity contribution in [1.82, 2.24) is 0 Å². The van der Waals surface area contributed by atoms with E-state index in [1.165, 1.54) is 19.3 Å². The Labute approximate surface area is 82.5 Å². The summed E-state index contributed by atoms with van der Waals surface area (Å²) in [5.74, 6) is 3.17. The van der Waals surface area contributed by atoms with Crippen molar-refractivity contribution in [3.8, 4) is 12.3 Å². The van der Waals surface area contributed by atoms with Gasteiger partial charge in [-0.15, -0.1) is 6.42 Å². The van der Waals surface area contributed by atoms with Gasteiger partial charge in [0.05, 0.1) is 0 Å². The third-order valence-electron chi connectivity index (χ3n) is 2.45. The van der Waals surface area contributed by atoms with E-state index in [2.05, 4.69) is 19.8 Å². The van der Waals surface area contributed by atoms with Gasteiger partial charge in [0.15, 0.2) is 0 Å². The lowest BCUT2D eigenvalue weighted by molar-refractivity contribution is 0.107. The van der Waals surface area contributed by atoms with E-state index in [9.17, 15) is 5.11 Å². The summed E-state index contributed by atoms with van der Waals surface area (Å²) in [6.45, 7) is 6.17. The van der Waals surface area contributed by atoms with Crippen LogP contribution < -0.4 is 0 Å². The molecule has 0 rings (SSSR count). The van der Waals surface area contributed by atoms with Gasteiger partial charge in [0.2, 0.25) is 0 Å². The van der Waals surface area contributed by atoms with E-state index >= 15 is 0 Å². The average Bonchev–Trinajstić information content (AvgIpc) is 2.05. The molecule has 0 aromatic heterocycles. The van der Waals surface area contributed by atoms with Crippen molar-refractivity contribution >= 4 is 0 Å². The van der Waals surface area contributed by atoms with Gasteiger partial charge in [-0.25, -0.2) is 0 Å². The van der Waals surface area contributed by atoms with Gasteiger partial charge in [0, 0.05) is 0 Å². The Kier molecular flexibility index (Phi) is 5.82. The van der Waals surface area contributed by atoms with E-state index in [0.29, 0.717) is 0 Å². The molecule has 0 heterocycles. The standard InChI is InChI=1S/C12H22O/c1-5-8-11(3)9-7-10-12(4,13)6-2/h2,11,13H,5,7-10H2,1,3-4H3. The highest BCUT2D eigenvalue weighted by Crippen LogP contribution is 2.18. The van der Waals surface area contributed by atoms with Crippen molar-refractivity contribution in [2.75, 3.05) is 0 Å². The molecule has 0 aliphatic carbocycles. The minimum absolute atomic E-state index is 0.720. The van der Waals surface area contributed by atoms with Crippen molar-refractivity contribution in [1.29, 1.82) is 0 Å². The SMILES string of the molecule is C#CC(C)(O)CCCC(C)CCC. The Morgan fingerprint density at radius 1 is 1.46 bits per heavy atom. The van der Waals surface area contributed by atoms with Gasteiger partial charge in [0.25, 0.3) is 0 Å². The van der Waals surface area contributed by atoms with Crippen LogP contribution in [0.15, 0.2) is 0 Å². The Bertz CT molecular complexity index is 164. The van der Waals surface area contributed by atoms with Crippen molar-refractivity contribution < 1.29 is 5.11 Å². The molecule has 1 nitrogen and oxygen atoms in total. The maximum absolute atomic E-state index is 9.53. The molecule has 1 heteroatoms. The summed E-state index contributed by atoms with van der Waals surface area (Å²) in [6, 6.07) is 0. The molecule has 0 aromatic rings. The van der Waals surface area contributed by atoms with Crippen LogP contribution in [0.25, 0.3) is 0 Å². The summed E-state index contributed by atoms with van der Waals surface area (Å²) in [5.41, 5.74) is -0.897. The quantitative estimate of drug-likeness (QED) is 0.626. The average molecular weight is 182 g/mol. The molecule has 0 amide bonds. The molecule has 0 fully saturated rings. The summed E-state index contributed by atoms with van der Waals surface area (Å²) in [4.78, 5) is 0. The van der Waals surface area contributed by atoms with Crippen molar-refractivity contribution in [3.05, 3.63) is 0 Å². The maximum atomic E-state index is 9.53. The third-order valence-corrected chi connectivity index (χ3v) is 2.45. The number of hydrogen-bond donors (Lipinski definition) is 1. The zero-order valence-electron chi connectivity index (χ0n) is 9.14. The van der Waals surface area contributed by atoms with Crippen LogP contribution in [0.4, 0.5) is 0 Å². The fourth-order valence-electron chi connectivity index (χ4n) is 1.50. The van der Waals surface area contributed by atoms with Gasteiger partial charge in [0.1, 0.15) is 5.60 Å². The molecule has 0 spiro atoms. The van der Waals surface area contributed by atoms with E-state index in [0.717, 1.165) is 18.8 Å². The molecular formula is C12H22O. The van der Waals surface area contributed by atoms with Gasteiger partial charge >= 0.3 is 0 Å². The smallest absolute Gasteiger partial charge is 0.122 e. The van der Waals surface area contributed by atoms with Gasteiger partial charge in [-0.1, -0.05) is 39.0 Å². The predicted molar refractivity (Wildman–Crippen MR) is 57.4 cm³/mol. The molecule has 2 unspecified atom stereocenters. The molecule has 13 heavy (non-hydrogen) atoms. The second-order valence-electron chi connectivity index (χ2n) is 4.20. The summed E-state index contributed by atoms with van der Waals surface area (Å²) in [7, 11) is 0. The molecule has 0 aliphatic heterocycles. The number of rotatable bonds is 6. The van der Waals surface area contributed by atoms with E-state index in [1.807, 2.05) is 0 Å². The van der Waals surface area contributed by atoms with Crippen LogP contribution in [-0.2, 0) is 0 Å². The summed E-state index contributed by atoms with van der Waals surface area (Å²) >= 11 is 0. The van der Waals surface area contributed by atoms with Gasteiger partial charge in [-0.2, -0.15) is 0 Å². The lowest BCUT2D eigenvalue weighted by Gasteiger charge is -2.17. The highest BCUT2D eigenvalue weighted by molar-refractivity contribution is 5.03. The Hall–Kier alpha value is -0.480. The fourth-order valence-corrected chi connectivity index (χ4v) is 1.50. The molecular weight excluding hydrogens is 160 g/mol. The molecule has 2 atom stereocenters. The predicted octanol–water partition coefficient (Wildman–Crippen LogP) is 2.98. The van der Waals surface area contributed by atoms with E-state index in [-0.39, 0.29) is 0 Å². The number of terminal acetylenes is 1. The highest BCUT2D eigenvalue weighted by atomic mass is 16.3. The Morgan fingerprint density at radius 3 is 2.54 bits per heavy atom. The molecule has 0 saturated carbocycles. The van der Waals surface area contributed by atoms with Crippen LogP contribution in [0.1, 0.15) is 52.9 Å². The summed E-state index contributed by atoms with van der Waals surface area (Å²) in [6.07, 6.45) is 10.6. The lowest BCUT2D eigenvalue weighted by atomic mass is 9.94. The second kappa shape index (κ2) is 6.05. The molecule has 0 aliphatic rings. The van der Waals surface area contributed by atoms with Crippen LogP contribution in [0.5, 0.6) is 0 Å². The first-order valence-corrected chi connectivity index (χ1v) is 5.22. The molecule has 0 bridgehead atoms. The Morgan fingerprint density at radius 2 is 2.08 bits per heavy atom. The number of hydrogen-bond acceptors (Lipinski definition) is 1. The monoisotopic (exact) mass is 182 g/mol. The zero-order valence-corrected chi connectivity index (χ0v) is 9.14. The van der Waals surface area contributed by atoms with E-state index < -0.39 is 5.60 Å². The zero-order chi connectivity index (χ0) is 10.3. The highest BCUT2D eigenvalue weighted by Gasteiger charge is 2.15. The second-order valence-corrected chi connectivity index (χ2v) is 4.20.